The summed E-state index contributed by atoms with van der Waals surface area (Å²) in [4.78, 5) is 33.0. The van der Waals surface area contributed by atoms with Gasteiger partial charge in [0.05, 0.1) is 31.9 Å². The monoisotopic (exact) mass is 424 g/mol. The number of likely N-dealkylation sites (tertiary alicyclic amines) is 1. The molecule has 0 unspecified atom stereocenters. The Hall–Kier alpha value is -3.39. The number of carbonyl (C=O) groups excluding carboxylic acids is 2. The predicted octanol–water partition coefficient (Wildman–Crippen LogP) is 0.809. The van der Waals surface area contributed by atoms with E-state index in [1.807, 2.05) is 14.1 Å². The van der Waals surface area contributed by atoms with Crippen LogP contribution in [-0.2, 0) is 9.59 Å². The Bertz CT molecular complexity index is 1020. The quantitative estimate of drug-likeness (QED) is 0.405. The number of fused-ring (bicyclic) bond motifs is 1. The lowest BCUT2D eigenvalue weighted by Crippen LogP contribution is -3.05. The molecule has 0 bridgehead atoms. The number of ether oxygens (including phenoxy) is 2. The Morgan fingerprint density at radius 2 is 1.94 bits per heavy atom. The van der Waals surface area contributed by atoms with Gasteiger partial charge in [-0.25, -0.2) is 0 Å². The van der Waals surface area contributed by atoms with Crippen LogP contribution in [0.5, 0.6) is 11.5 Å². The maximum absolute atomic E-state index is 13.0. The van der Waals surface area contributed by atoms with Gasteiger partial charge in [0.25, 0.3) is 11.7 Å². The molecular weight excluding hydrogens is 398 g/mol. The summed E-state index contributed by atoms with van der Waals surface area (Å²) in [6.07, 6.45) is 2.34. The number of aliphatic hydroxyl groups is 1. The van der Waals surface area contributed by atoms with Crippen molar-refractivity contribution in [3.8, 4) is 11.5 Å². The van der Waals surface area contributed by atoms with E-state index in [9.17, 15) is 14.7 Å². The number of amides is 1. The molecule has 1 atom stereocenters. The number of nitrogens with zero attached hydrogens (tertiary/aromatic N) is 2. The Kier molecular flexibility index (Phi) is 5.90. The Labute approximate surface area is 180 Å². The summed E-state index contributed by atoms with van der Waals surface area (Å²) < 4.78 is 11.1. The highest BCUT2D eigenvalue weighted by molar-refractivity contribution is 6.46. The fourth-order valence-electron chi connectivity index (χ4n) is 3.90. The lowest BCUT2D eigenvalue weighted by atomic mass is 9.98. The van der Waals surface area contributed by atoms with Gasteiger partial charge >= 0.3 is 0 Å². The summed E-state index contributed by atoms with van der Waals surface area (Å²) >= 11 is 0. The smallest absolute Gasteiger partial charge is 0.295 e. The molecule has 2 N–H and O–H groups in total. The lowest BCUT2D eigenvalue weighted by Gasteiger charge is -2.24. The van der Waals surface area contributed by atoms with Crippen molar-refractivity contribution in [2.45, 2.75) is 12.5 Å². The van der Waals surface area contributed by atoms with E-state index in [0.717, 1.165) is 13.0 Å². The van der Waals surface area contributed by atoms with E-state index in [4.69, 9.17) is 9.47 Å². The zero-order valence-corrected chi connectivity index (χ0v) is 17.6. The van der Waals surface area contributed by atoms with Crippen molar-refractivity contribution in [1.82, 2.24) is 9.88 Å². The summed E-state index contributed by atoms with van der Waals surface area (Å²) in [7, 11) is 4.07. The maximum Gasteiger partial charge on any atom is 0.295 e. The van der Waals surface area contributed by atoms with Crippen molar-refractivity contribution in [1.29, 1.82) is 0 Å². The molecule has 162 valence electrons. The molecule has 2 aromatic rings. The molecule has 0 spiro atoms. The average Bonchev–Trinajstić information content (AvgIpc) is 3.03. The van der Waals surface area contributed by atoms with E-state index in [-0.39, 0.29) is 11.3 Å². The molecule has 3 heterocycles. The summed E-state index contributed by atoms with van der Waals surface area (Å²) in [5, 5.41) is 11.1. The SMILES string of the molecule is C[NH+](C)CCCN1C(=O)C(=O)/C(=C(\O)c2ccc3c(c2)OCCO3)[C@H]1c1ccccn1. The summed E-state index contributed by atoms with van der Waals surface area (Å²) in [5.41, 5.74) is 0.969. The number of benzene rings is 1. The minimum atomic E-state index is -0.744. The Balaban J connectivity index is 1.76. The number of aliphatic hydroxyl groups excluding tert-OH is 1. The molecule has 0 radical (unpaired) electrons. The van der Waals surface area contributed by atoms with Crippen LogP contribution < -0.4 is 14.4 Å². The number of nitrogens with one attached hydrogen (secondary N) is 1. The van der Waals surface area contributed by atoms with Crippen molar-refractivity contribution in [3.63, 3.8) is 0 Å². The molecule has 0 saturated carbocycles. The van der Waals surface area contributed by atoms with Gasteiger partial charge in [-0.05, 0) is 30.3 Å². The van der Waals surface area contributed by atoms with Gasteiger partial charge in [0.1, 0.15) is 25.0 Å². The summed E-state index contributed by atoms with van der Waals surface area (Å²) in [5.74, 6) is -0.501. The fraction of sp³-hybridized carbons (Fsp3) is 0.348. The van der Waals surface area contributed by atoms with Crippen LogP contribution in [0.1, 0.15) is 23.7 Å². The number of quaternary nitrogens is 1. The Morgan fingerprint density at radius 1 is 1.16 bits per heavy atom. The third-order valence-corrected chi connectivity index (χ3v) is 5.40. The maximum atomic E-state index is 13.0. The highest BCUT2D eigenvalue weighted by Gasteiger charge is 2.46. The van der Waals surface area contributed by atoms with Crippen molar-refractivity contribution >= 4 is 17.4 Å². The second kappa shape index (κ2) is 8.77. The van der Waals surface area contributed by atoms with Gasteiger partial charge in [0, 0.05) is 24.7 Å². The van der Waals surface area contributed by atoms with Gasteiger partial charge < -0.3 is 24.4 Å². The minimum absolute atomic E-state index is 0.0394. The number of hydrogen-bond donors (Lipinski definition) is 2. The van der Waals surface area contributed by atoms with E-state index in [0.29, 0.717) is 42.5 Å². The van der Waals surface area contributed by atoms with E-state index in [2.05, 4.69) is 4.98 Å². The first-order valence-corrected chi connectivity index (χ1v) is 10.4. The molecule has 1 aromatic heterocycles. The number of rotatable bonds is 6. The number of carbonyl (C=O) groups is 2. The second-order valence-electron chi connectivity index (χ2n) is 7.92. The van der Waals surface area contributed by atoms with Crippen molar-refractivity contribution < 1.29 is 29.1 Å². The fourth-order valence-corrected chi connectivity index (χ4v) is 3.90. The predicted molar refractivity (Wildman–Crippen MR) is 113 cm³/mol. The van der Waals surface area contributed by atoms with E-state index < -0.39 is 17.7 Å². The summed E-state index contributed by atoms with van der Waals surface area (Å²) in [6, 6.07) is 9.56. The van der Waals surface area contributed by atoms with Crippen molar-refractivity contribution in [2.24, 2.45) is 0 Å². The van der Waals surface area contributed by atoms with Gasteiger partial charge in [-0.2, -0.15) is 0 Å². The molecule has 8 heteroatoms. The van der Waals surface area contributed by atoms with Crippen LogP contribution in [0.25, 0.3) is 5.76 Å². The molecular formula is C23H26N3O5+. The normalized spacial score (nSPS) is 19.8. The third-order valence-electron chi connectivity index (χ3n) is 5.40. The standard InChI is InChI=1S/C23H25N3O5/c1-25(2)10-5-11-26-20(16-6-3-4-9-24-16)19(22(28)23(26)29)21(27)15-7-8-17-18(14-15)31-13-12-30-17/h3-4,6-9,14,20,27H,5,10-13H2,1-2H3/p+1/b21-19-/t20-/m1/s1. The lowest BCUT2D eigenvalue weighted by molar-refractivity contribution is -0.858. The van der Waals surface area contributed by atoms with E-state index in [1.54, 1.807) is 42.6 Å². The largest absolute Gasteiger partial charge is 0.507 e. The molecule has 2 aliphatic heterocycles. The van der Waals surface area contributed by atoms with E-state index >= 15 is 0 Å². The second-order valence-corrected chi connectivity index (χ2v) is 7.92. The van der Waals surface area contributed by atoms with Crippen LogP contribution in [0.15, 0.2) is 48.2 Å². The first kappa shape index (κ1) is 20.9. The first-order valence-electron chi connectivity index (χ1n) is 10.4. The van der Waals surface area contributed by atoms with Gasteiger partial charge in [-0.15, -0.1) is 0 Å². The van der Waals surface area contributed by atoms with Gasteiger partial charge in [-0.3, -0.25) is 14.6 Å². The molecule has 8 nitrogen and oxygen atoms in total. The molecule has 1 saturated heterocycles. The number of ketones is 1. The number of Topliss-reactive ketones (excluding diaryl/α,β-unsaturated/α-hetero) is 1. The number of hydrogen-bond acceptors (Lipinski definition) is 6. The Morgan fingerprint density at radius 3 is 2.65 bits per heavy atom. The molecule has 0 aliphatic carbocycles. The first-order chi connectivity index (χ1) is 15.0. The van der Waals surface area contributed by atoms with Crippen LogP contribution in [0.3, 0.4) is 0 Å². The van der Waals surface area contributed by atoms with Crippen molar-refractivity contribution in [3.05, 3.63) is 59.4 Å². The van der Waals surface area contributed by atoms with Crippen LogP contribution in [-0.4, -0.2) is 67.1 Å². The average molecular weight is 424 g/mol. The molecule has 2 aliphatic rings. The van der Waals surface area contributed by atoms with Crippen molar-refractivity contribution in [2.75, 3.05) is 40.4 Å². The summed E-state index contributed by atoms with van der Waals surface area (Å²) in [6.45, 7) is 2.11. The molecule has 4 rings (SSSR count). The van der Waals surface area contributed by atoms with Gasteiger partial charge in [-0.1, -0.05) is 6.07 Å². The van der Waals surface area contributed by atoms with Crippen LogP contribution >= 0.6 is 0 Å². The highest BCUT2D eigenvalue weighted by Crippen LogP contribution is 2.40. The zero-order chi connectivity index (χ0) is 22.0. The topological polar surface area (TPSA) is 93.4 Å². The minimum Gasteiger partial charge on any atom is -0.507 e. The van der Waals surface area contributed by atoms with Gasteiger partial charge in [0.15, 0.2) is 11.5 Å². The van der Waals surface area contributed by atoms with E-state index in [1.165, 1.54) is 9.80 Å². The van der Waals surface area contributed by atoms with Gasteiger partial charge in [0.2, 0.25) is 0 Å². The van der Waals surface area contributed by atoms with Crippen LogP contribution in [0, 0.1) is 0 Å². The molecule has 1 aromatic carbocycles. The highest BCUT2D eigenvalue weighted by atomic mass is 16.6. The molecule has 1 amide bonds. The van der Waals surface area contributed by atoms with Crippen LogP contribution in [0.2, 0.25) is 0 Å². The zero-order valence-electron chi connectivity index (χ0n) is 17.6. The number of aromatic nitrogens is 1. The van der Waals surface area contributed by atoms with Crippen LogP contribution in [0.4, 0.5) is 0 Å². The third kappa shape index (κ3) is 4.11. The number of pyridine rings is 1. The molecule has 31 heavy (non-hydrogen) atoms. The molecule has 1 fully saturated rings.